The van der Waals surface area contributed by atoms with Crippen LogP contribution in [0.2, 0.25) is 5.02 Å². The number of nitrogens with zero attached hydrogens (tertiary/aromatic N) is 3. The van der Waals surface area contributed by atoms with Gasteiger partial charge in [-0.05, 0) is 23.1 Å². The number of hydrogen-bond acceptors (Lipinski definition) is 5. The van der Waals surface area contributed by atoms with Gasteiger partial charge in [0.25, 0.3) is 5.91 Å². The second-order valence-corrected chi connectivity index (χ2v) is 10.3. The fourth-order valence-electron chi connectivity index (χ4n) is 4.14. The molecule has 1 aliphatic heterocycles. The fraction of sp³-hybridized carbons (Fsp3) is 0.500. The summed E-state index contributed by atoms with van der Waals surface area (Å²) in [5.41, 5.74) is 0.640. The number of carbonyl (C=O) groups is 3. The first kappa shape index (κ1) is 25.7. The SMILES string of the molecule is CC(=O)N[C@H](C(=O)N1C[C@H](O)C[C@H]1c1ncc(C(=O)N(C)Cc2cccc(Cl)c2)[nH]1)C(C)(C)C. The molecular weight excluding hydrogens is 458 g/mol. The summed E-state index contributed by atoms with van der Waals surface area (Å²) in [4.78, 5) is 48.5. The molecule has 10 heteroatoms. The van der Waals surface area contributed by atoms with E-state index in [1.807, 2.05) is 32.9 Å². The first-order chi connectivity index (χ1) is 15.9. The van der Waals surface area contributed by atoms with Crippen LogP contribution in [0.5, 0.6) is 0 Å². The van der Waals surface area contributed by atoms with E-state index in [1.165, 1.54) is 18.0 Å². The van der Waals surface area contributed by atoms with Crippen molar-refractivity contribution in [3.63, 3.8) is 0 Å². The molecule has 0 aliphatic carbocycles. The largest absolute Gasteiger partial charge is 0.391 e. The van der Waals surface area contributed by atoms with Gasteiger partial charge in [0, 0.05) is 38.5 Å². The highest BCUT2D eigenvalue weighted by Crippen LogP contribution is 2.33. The van der Waals surface area contributed by atoms with E-state index in [0.717, 1.165) is 5.56 Å². The lowest BCUT2D eigenvalue weighted by Gasteiger charge is -2.35. The maximum atomic E-state index is 13.4. The minimum absolute atomic E-state index is 0.119. The minimum atomic E-state index is -0.766. The van der Waals surface area contributed by atoms with E-state index in [2.05, 4.69) is 15.3 Å². The molecule has 1 aromatic carbocycles. The molecule has 3 atom stereocenters. The summed E-state index contributed by atoms with van der Waals surface area (Å²) in [5.74, 6) is -0.453. The summed E-state index contributed by atoms with van der Waals surface area (Å²) in [6.45, 7) is 7.46. The first-order valence-corrected chi connectivity index (χ1v) is 11.5. The van der Waals surface area contributed by atoms with Crippen molar-refractivity contribution in [1.82, 2.24) is 25.1 Å². The molecule has 34 heavy (non-hydrogen) atoms. The normalized spacial score (nSPS) is 19.1. The van der Waals surface area contributed by atoms with Crippen molar-refractivity contribution in [1.29, 1.82) is 0 Å². The van der Waals surface area contributed by atoms with E-state index >= 15 is 0 Å². The number of aliphatic hydroxyl groups excluding tert-OH is 1. The van der Waals surface area contributed by atoms with Crippen molar-refractivity contribution in [2.75, 3.05) is 13.6 Å². The number of rotatable bonds is 6. The number of aromatic nitrogens is 2. The molecule has 3 amide bonds. The molecule has 1 fully saturated rings. The Morgan fingerprint density at radius 2 is 2.06 bits per heavy atom. The average Bonchev–Trinajstić information content (AvgIpc) is 3.36. The van der Waals surface area contributed by atoms with Crippen LogP contribution >= 0.6 is 11.6 Å². The maximum absolute atomic E-state index is 13.4. The molecule has 1 aliphatic rings. The topological polar surface area (TPSA) is 119 Å². The molecule has 0 saturated carbocycles. The molecule has 2 aromatic rings. The highest BCUT2D eigenvalue weighted by molar-refractivity contribution is 6.30. The predicted molar refractivity (Wildman–Crippen MR) is 128 cm³/mol. The molecule has 1 saturated heterocycles. The zero-order valence-electron chi connectivity index (χ0n) is 20.1. The second-order valence-electron chi connectivity index (χ2n) is 9.87. The van der Waals surface area contributed by atoms with E-state index in [4.69, 9.17) is 11.6 Å². The Morgan fingerprint density at radius 3 is 2.68 bits per heavy atom. The lowest BCUT2D eigenvalue weighted by molar-refractivity contribution is -0.140. The van der Waals surface area contributed by atoms with Crippen molar-refractivity contribution in [3.05, 3.63) is 52.6 Å². The fourth-order valence-corrected chi connectivity index (χ4v) is 4.35. The van der Waals surface area contributed by atoms with E-state index in [-0.39, 0.29) is 36.4 Å². The Bertz CT molecular complexity index is 1060. The minimum Gasteiger partial charge on any atom is -0.391 e. The maximum Gasteiger partial charge on any atom is 0.271 e. The Morgan fingerprint density at radius 1 is 1.35 bits per heavy atom. The summed E-state index contributed by atoms with van der Waals surface area (Å²) >= 11 is 6.03. The van der Waals surface area contributed by atoms with E-state index in [0.29, 0.717) is 17.4 Å². The van der Waals surface area contributed by atoms with Crippen LogP contribution in [0.3, 0.4) is 0 Å². The molecule has 2 heterocycles. The number of aromatic amines is 1. The van der Waals surface area contributed by atoms with E-state index in [9.17, 15) is 19.5 Å². The molecule has 1 aromatic heterocycles. The van der Waals surface area contributed by atoms with Crippen LogP contribution in [-0.2, 0) is 16.1 Å². The van der Waals surface area contributed by atoms with Crippen molar-refractivity contribution in [2.24, 2.45) is 5.41 Å². The van der Waals surface area contributed by atoms with Gasteiger partial charge in [0.1, 0.15) is 17.6 Å². The molecule has 3 N–H and O–H groups in total. The third-order valence-electron chi connectivity index (χ3n) is 5.82. The van der Waals surface area contributed by atoms with Crippen LogP contribution in [0.15, 0.2) is 30.5 Å². The third-order valence-corrected chi connectivity index (χ3v) is 6.05. The lowest BCUT2D eigenvalue weighted by Crippen LogP contribution is -2.54. The summed E-state index contributed by atoms with van der Waals surface area (Å²) in [5, 5.41) is 13.7. The number of amides is 3. The highest BCUT2D eigenvalue weighted by atomic mass is 35.5. The molecule has 3 rings (SSSR count). The summed E-state index contributed by atoms with van der Waals surface area (Å²) < 4.78 is 0. The number of imidazole rings is 1. The Kier molecular flexibility index (Phi) is 7.67. The van der Waals surface area contributed by atoms with Gasteiger partial charge >= 0.3 is 0 Å². The molecule has 0 radical (unpaired) electrons. The predicted octanol–water partition coefficient (Wildman–Crippen LogP) is 2.52. The zero-order chi connectivity index (χ0) is 25.2. The average molecular weight is 490 g/mol. The van der Waals surface area contributed by atoms with Gasteiger partial charge in [-0.1, -0.05) is 44.5 Å². The Hall–Kier alpha value is -2.91. The highest BCUT2D eigenvalue weighted by Gasteiger charge is 2.43. The van der Waals surface area contributed by atoms with E-state index in [1.54, 1.807) is 24.1 Å². The number of H-pyrrole nitrogens is 1. The van der Waals surface area contributed by atoms with Crippen LogP contribution in [-0.4, -0.2) is 68.3 Å². The number of β-amino-alcohol motifs (C(OH)–C–C–N with tert-alkyl or cyclic N) is 1. The lowest BCUT2D eigenvalue weighted by atomic mass is 9.85. The van der Waals surface area contributed by atoms with Crippen LogP contribution in [0, 0.1) is 5.41 Å². The van der Waals surface area contributed by atoms with Gasteiger partial charge in [0.15, 0.2) is 0 Å². The molecule has 9 nitrogen and oxygen atoms in total. The standard InChI is InChI=1S/C24H32ClN5O4/c1-14(31)27-20(24(2,3)4)23(34)30-13-17(32)10-19(30)21-26-11-18(28-21)22(33)29(5)12-15-7-6-8-16(25)9-15/h6-9,11,17,19-20,32H,10,12-13H2,1-5H3,(H,26,28)(H,27,31)/t17-,19+,20-/m1/s1. The number of hydrogen-bond donors (Lipinski definition) is 3. The Balaban J connectivity index is 1.78. The van der Waals surface area contributed by atoms with Crippen molar-refractivity contribution in [3.8, 4) is 0 Å². The molecule has 0 bridgehead atoms. The summed E-state index contributed by atoms with van der Waals surface area (Å²) in [6.07, 6.45) is 0.984. The monoisotopic (exact) mass is 489 g/mol. The van der Waals surface area contributed by atoms with Crippen molar-refractivity contribution < 1.29 is 19.5 Å². The van der Waals surface area contributed by atoms with Gasteiger partial charge in [-0.25, -0.2) is 4.98 Å². The summed E-state index contributed by atoms with van der Waals surface area (Å²) in [7, 11) is 1.68. The zero-order valence-corrected chi connectivity index (χ0v) is 20.9. The Labute approximate surface area is 204 Å². The van der Waals surface area contributed by atoms with Crippen molar-refractivity contribution >= 4 is 29.3 Å². The molecule has 0 unspecified atom stereocenters. The van der Waals surface area contributed by atoms with Gasteiger partial charge < -0.3 is 25.2 Å². The van der Waals surface area contributed by atoms with Gasteiger partial charge in [-0.2, -0.15) is 0 Å². The quantitative estimate of drug-likeness (QED) is 0.576. The van der Waals surface area contributed by atoms with Crippen LogP contribution in [0.1, 0.15) is 62.0 Å². The van der Waals surface area contributed by atoms with Crippen molar-refractivity contribution in [2.45, 2.75) is 58.8 Å². The van der Waals surface area contributed by atoms with Gasteiger partial charge in [-0.3, -0.25) is 14.4 Å². The van der Waals surface area contributed by atoms with Gasteiger partial charge in [0.05, 0.1) is 18.3 Å². The number of carbonyl (C=O) groups excluding carboxylic acids is 3. The number of benzene rings is 1. The number of halogens is 1. The van der Waals surface area contributed by atoms with Crippen LogP contribution in [0.4, 0.5) is 0 Å². The molecular formula is C24H32ClN5O4. The first-order valence-electron chi connectivity index (χ1n) is 11.2. The van der Waals surface area contributed by atoms with Crippen LogP contribution < -0.4 is 5.32 Å². The number of nitrogens with one attached hydrogen (secondary N) is 2. The van der Waals surface area contributed by atoms with E-state index < -0.39 is 23.6 Å². The van der Waals surface area contributed by atoms with Gasteiger partial charge in [0.2, 0.25) is 11.8 Å². The molecule has 0 spiro atoms. The number of aliphatic hydroxyl groups is 1. The smallest absolute Gasteiger partial charge is 0.271 e. The molecule has 184 valence electrons. The number of likely N-dealkylation sites (tertiary alicyclic amines) is 1. The van der Waals surface area contributed by atoms with Gasteiger partial charge in [-0.15, -0.1) is 0 Å². The third kappa shape index (κ3) is 5.95. The summed E-state index contributed by atoms with van der Waals surface area (Å²) in [6, 6.07) is 5.98. The second kappa shape index (κ2) is 10.1. The van der Waals surface area contributed by atoms with Crippen LogP contribution in [0.25, 0.3) is 0 Å².